The van der Waals surface area contributed by atoms with E-state index in [9.17, 15) is 4.39 Å². The topological polar surface area (TPSA) is 46.1 Å². The first kappa shape index (κ1) is 19.6. The molecular formula is C20H26FN3O2. The van der Waals surface area contributed by atoms with E-state index in [0.29, 0.717) is 13.1 Å². The molecule has 0 aromatic heterocycles. The van der Waals surface area contributed by atoms with Gasteiger partial charge in [0.25, 0.3) is 0 Å². The molecule has 6 heteroatoms. The largest absolute Gasteiger partial charge is 0.497 e. The van der Waals surface area contributed by atoms with Gasteiger partial charge >= 0.3 is 0 Å². The third-order valence-corrected chi connectivity index (χ3v) is 4.06. The first-order chi connectivity index (χ1) is 12.6. The standard InChI is InChI=1S/C20H26FN3O2/c1-22-20(23-11-10-15-6-5-7-17(21)12-15)24(2)14-16-8-9-18(25-3)13-19(16)26-4/h5-9,12-13H,10-11,14H2,1-4H3,(H,22,23). The van der Waals surface area contributed by atoms with Crippen molar-refractivity contribution in [3.05, 3.63) is 59.4 Å². The van der Waals surface area contributed by atoms with Gasteiger partial charge in [-0.05, 0) is 36.2 Å². The molecule has 0 spiro atoms. The van der Waals surface area contributed by atoms with E-state index < -0.39 is 0 Å². The van der Waals surface area contributed by atoms with E-state index >= 15 is 0 Å². The Morgan fingerprint density at radius 2 is 1.96 bits per heavy atom. The smallest absolute Gasteiger partial charge is 0.193 e. The summed E-state index contributed by atoms with van der Waals surface area (Å²) < 4.78 is 23.9. The average molecular weight is 359 g/mol. The lowest BCUT2D eigenvalue weighted by atomic mass is 10.1. The number of ether oxygens (including phenoxy) is 2. The summed E-state index contributed by atoms with van der Waals surface area (Å²) in [5.41, 5.74) is 1.98. The van der Waals surface area contributed by atoms with E-state index in [-0.39, 0.29) is 5.82 Å². The molecule has 26 heavy (non-hydrogen) atoms. The van der Waals surface area contributed by atoms with Gasteiger partial charge in [-0.3, -0.25) is 4.99 Å². The zero-order chi connectivity index (χ0) is 18.9. The van der Waals surface area contributed by atoms with Crippen molar-refractivity contribution in [3.8, 4) is 11.5 Å². The second-order valence-electron chi connectivity index (χ2n) is 5.89. The number of hydrogen-bond acceptors (Lipinski definition) is 3. The van der Waals surface area contributed by atoms with Crippen molar-refractivity contribution in [1.82, 2.24) is 10.2 Å². The number of benzene rings is 2. The maximum absolute atomic E-state index is 13.2. The van der Waals surface area contributed by atoms with Crippen LogP contribution in [0.15, 0.2) is 47.5 Å². The minimum Gasteiger partial charge on any atom is -0.497 e. The summed E-state index contributed by atoms with van der Waals surface area (Å²) in [6.07, 6.45) is 0.719. The van der Waals surface area contributed by atoms with Crippen LogP contribution >= 0.6 is 0 Å². The van der Waals surface area contributed by atoms with Crippen LogP contribution in [0.4, 0.5) is 4.39 Å². The number of rotatable bonds is 7. The lowest BCUT2D eigenvalue weighted by Crippen LogP contribution is -2.39. The van der Waals surface area contributed by atoms with Crippen LogP contribution in [0.3, 0.4) is 0 Å². The zero-order valence-electron chi connectivity index (χ0n) is 15.8. The second kappa shape index (κ2) is 9.65. The minimum absolute atomic E-state index is 0.212. The van der Waals surface area contributed by atoms with Crippen molar-refractivity contribution in [1.29, 1.82) is 0 Å². The molecular weight excluding hydrogens is 333 g/mol. The van der Waals surface area contributed by atoms with Gasteiger partial charge in [0.2, 0.25) is 0 Å². The molecule has 5 nitrogen and oxygen atoms in total. The van der Waals surface area contributed by atoms with Crippen molar-refractivity contribution in [2.45, 2.75) is 13.0 Å². The molecule has 0 atom stereocenters. The Morgan fingerprint density at radius 3 is 2.62 bits per heavy atom. The molecule has 0 radical (unpaired) electrons. The fourth-order valence-corrected chi connectivity index (χ4v) is 2.71. The molecule has 2 aromatic rings. The van der Waals surface area contributed by atoms with Crippen LogP contribution < -0.4 is 14.8 Å². The summed E-state index contributed by atoms with van der Waals surface area (Å²) in [6.45, 7) is 1.30. The Morgan fingerprint density at radius 1 is 1.15 bits per heavy atom. The van der Waals surface area contributed by atoms with Crippen LogP contribution in [0.5, 0.6) is 11.5 Å². The molecule has 0 unspecified atom stereocenters. The highest BCUT2D eigenvalue weighted by atomic mass is 19.1. The van der Waals surface area contributed by atoms with Gasteiger partial charge in [-0.2, -0.15) is 0 Å². The third kappa shape index (κ3) is 5.37. The molecule has 0 amide bonds. The monoisotopic (exact) mass is 359 g/mol. The summed E-state index contributed by atoms with van der Waals surface area (Å²) in [5, 5.41) is 3.31. The number of guanidine groups is 1. The molecule has 0 heterocycles. The number of methoxy groups -OCH3 is 2. The van der Waals surface area contributed by atoms with Crippen molar-refractivity contribution < 1.29 is 13.9 Å². The molecule has 2 aromatic carbocycles. The zero-order valence-corrected chi connectivity index (χ0v) is 15.8. The van der Waals surface area contributed by atoms with E-state index in [1.165, 1.54) is 6.07 Å². The van der Waals surface area contributed by atoms with Gasteiger partial charge in [-0.25, -0.2) is 4.39 Å². The lowest BCUT2D eigenvalue weighted by molar-refractivity contribution is 0.382. The van der Waals surface area contributed by atoms with Gasteiger partial charge in [0.15, 0.2) is 5.96 Å². The molecule has 0 saturated heterocycles. The lowest BCUT2D eigenvalue weighted by Gasteiger charge is -2.23. The van der Waals surface area contributed by atoms with Gasteiger partial charge in [-0.1, -0.05) is 12.1 Å². The molecule has 0 fully saturated rings. The Hall–Kier alpha value is -2.76. The van der Waals surface area contributed by atoms with Gasteiger partial charge in [0.05, 0.1) is 14.2 Å². The molecule has 140 valence electrons. The van der Waals surface area contributed by atoms with Gasteiger partial charge in [0.1, 0.15) is 17.3 Å². The van der Waals surface area contributed by atoms with Gasteiger partial charge in [0, 0.05) is 38.8 Å². The molecule has 0 saturated carbocycles. The second-order valence-corrected chi connectivity index (χ2v) is 5.89. The summed E-state index contributed by atoms with van der Waals surface area (Å²) in [4.78, 5) is 6.32. The quantitative estimate of drug-likeness (QED) is 0.610. The molecule has 0 aliphatic heterocycles. The van der Waals surface area contributed by atoms with E-state index in [1.807, 2.05) is 36.2 Å². The van der Waals surface area contributed by atoms with Gasteiger partial charge < -0.3 is 19.7 Å². The van der Waals surface area contributed by atoms with Crippen molar-refractivity contribution in [2.75, 3.05) is 34.9 Å². The van der Waals surface area contributed by atoms with E-state index in [2.05, 4.69) is 10.3 Å². The Balaban J connectivity index is 1.95. The predicted octanol–water partition coefficient (Wildman–Crippen LogP) is 3.09. The Bertz CT molecular complexity index is 750. The number of halogens is 1. The fraction of sp³-hybridized carbons (Fsp3) is 0.350. The average Bonchev–Trinajstić information content (AvgIpc) is 2.65. The predicted molar refractivity (Wildman–Crippen MR) is 102 cm³/mol. The van der Waals surface area contributed by atoms with Crippen LogP contribution in [0.1, 0.15) is 11.1 Å². The SMILES string of the molecule is CN=C(NCCc1cccc(F)c1)N(C)Cc1ccc(OC)cc1OC. The van der Waals surface area contributed by atoms with Crippen LogP contribution in [-0.4, -0.2) is 45.7 Å². The highest BCUT2D eigenvalue weighted by molar-refractivity contribution is 5.79. The fourth-order valence-electron chi connectivity index (χ4n) is 2.71. The van der Waals surface area contributed by atoms with Crippen LogP contribution in [-0.2, 0) is 13.0 Å². The summed E-state index contributed by atoms with van der Waals surface area (Å²) in [7, 11) is 6.97. The van der Waals surface area contributed by atoms with Crippen molar-refractivity contribution in [3.63, 3.8) is 0 Å². The summed E-state index contributed by atoms with van der Waals surface area (Å²) in [5.74, 6) is 2.08. The molecule has 1 N–H and O–H groups in total. The summed E-state index contributed by atoms with van der Waals surface area (Å²) in [6, 6.07) is 12.4. The van der Waals surface area contributed by atoms with Crippen molar-refractivity contribution in [2.24, 2.45) is 4.99 Å². The van der Waals surface area contributed by atoms with Crippen LogP contribution in [0.25, 0.3) is 0 Å². The normalized spacial score (nSPS) is 11.2. The first-order valence-corrected chi connectivity index (χ1v) is 8.44. The third-order valence-electron chi connectivity index (χ3n) is 4.06. The highest BCUT2D eigenvalue weighted by Gasteiger charge is 2.11. The Kier molecular flexibility index (Phi) is 7.26. The van der Waals surface area contributed by atoms with E-state index in [4.69, 9.17) is 9.47 Å². The van der Waals surface area contributed by atoms with Gasteiger partial charge in [-0.15, -0.1) is 0 Å². The number of aliphatic imine (C=N–C) groups is 1. The van der Waals surface area contributed by atoms with E-state index in [1.54, 1.807) is 33.4 Å². The molecule has 0 aliphatic carbocycles. The maximum Gasteiger partial charge on any atom is 0.193 e. The van der Waals surface area contributed by atoms with Crippen LogP contribution in [0.2, 0.25) is 0 Å². The number of hydrogen-bond donors (Lipinski definition) is 1. The molecule has 0 aliphatic rings. The number of nitrogens with zero attached hydrogens (tertiary/aromatic N) is 2. The first-order valence-electron chi connectivity index (χ1n) is 8.44. The minimum atomic E-state index is -0.212. The highest BCUT2D eigenvalue weighted by Crippen LogP contribution is 2.25. The molecule has 2 rings (SSSR count). The Labute approximate surface area is 154 Å². The van der Waals surface area contributed by atoms with E-state index in [0.717, 1.165) is 35.0 Å². The maximum atomic E-state index is 13.2. The van der Waals surface area contributed by atoms with Crippen LogP contribution in [0, 0.1) is 5.82 Å². The van der Waals surface area contributed by atoms with Crippen molar-refractivity contribution >= 4 is 5.96 Å². The number of nitrogens with one attached hydrogen (secondary N) is 1. The molecule has 0 bridgehead atoms. The summed E-state index contributed by atoms with van der Waals surface area (Å²) >= 11 is 0.